The first-order valence-corrected chi connectivity index (χ1v) is 18.6. The third kappa shape index (κ3) is 6.29. The maximum atomic E-state index is 13.2. The van der Waals surface area contributed by atoms with E-state index in [4.69, 9.17) is 18.9 Å². The summed E-state index contributed by atoms with van der Waals surface area (Å²) in [7, 11) is -0.539. The molecule has 0 spiro atoms. The highest BCUT2D eigenvalue weighted by Gasteiger charge is 2.64. The van der Waals surface area contributed by atoms with Crippen LogP contribution in [0.25, 0.3) is 0 Å². The molecular weight excluding hydrogens is 685 g/mol. The number of halogens is 3. The van der Waals surface area contributed by atoms with E-state index in [0.29, 0.717) is 0 Å². The third-order valence-electron chi connectivity index (χ3n) is 11.4. The van der Waals surface area contributed by atoms with Crippen molar-refractivity contribution in [1.29, 1.82) is 0 Å². The van der Waals surface area contributed by atoms with Crippen molar-refractivity contribution in [3.05, 3.63) is 90.2 Å². The van der Waals surface area contributed by atoms with Crippen LogP contribution < -0.4 is 0 Å². The molecule has 51 heavy (non-hydrogen) atoms. The molecule has 0 amide bonds. The molecule has 2 saturated heterocycles. The quantitative estimate of drug-likeness (QED) is 0.154. The number of rotatable bonds is 8. The molecule has 12 heteroatoms. The summed E-state index contributed by atoms with van der Waals surface area (Å²) in [6, 6.07) is 18.5. The topological polar surface area (TPSA) is 105 Å². The Kier molecular flexibility index (Phi) is 8.84. The lowest BCUT2D eigenvalue weighted by Crippen LogP contribution is -2.38. The summed E-state index contributed by atoms with van der Waals surface area (Å²) in [5.74, 6) is -2.23. The minimum atomic E-state index is -0.646. The van der Waals surface area contributed by atoms with Crippen molar-refractivity contribution in [1.82, 2.24) is 0 Å². The average Bonchev–Trinajstić information content (AvgIpc) is 3.94. The highest BCUT2D eigenvalue weighted by Crippen LogP contribution is 2.56. The molecule has 0 aromatic heterocycles. The average molecular weight is 722 g/mol. The van der Waals surface area contributed by atoms with Crippen LogP contribution in [-0.2, 0) is 49.0 Å². The fourth-order valence-electron chi connectivity index (χ4n) is 9.03. The summed E-state index contributed by atoms with van der Waals surface area (Å²) < 4.78 is 61.6. The Morgan fingerprint density at radius 3 is 1.47 bits per heavy atom. The van der Waals surface area contributed by atoms with Crippen LogP contribution >= 0.6 is 0 Å². The van der Waals surface area contributed by atoms with Crippen molar-refractivity contribution < 1.29 is 51.3 Å². The van der Waals surface area contributed by atoms with Gasteiger partial charge in [-0.1, -0.05) is 6.92 Å². The first-order chi connectivity index (χ1) is 24.5. The van der Waals surface area contributed by atoms with Gasteiger partial charge in [-0.2, -0.15) is 0 Å². The Hall–Kier alpha value is -4.32. The molecule has 2 heterocycles. The number of hydrogen-bond acceptors (Lipinski definition) is 8. The zero-order valence-electron chi connectivity index (χ0n) is 27.6. The van der Waals surface area contributed by atoms with Gasteiger partial charge in [0.25, 0.3) is 0 Å². The molecule has 11 atom stereocenters. The molecule has 0 radical (unpaired) electrons. The molecule has 266 valence electrons. The van der Waals surface area contributed by atoms with Crippen LogP contribution in [0.4, 0.5) is 13.2 Å². The molecule has 3 aromatic rings. The smallest absolute Gasteiger partial charge is 0.309 e. The van der Waals surface area contributed by atoms with E-state index in [9.17, 15) is 32.3 Å². The number of hydrogen-bond donors (Lipinski definition) is 0. The highest BCUT2D eigenvalue weighted by atomic mass is 32.2. The Morgan fingerprint density at radius 2 is 1.06 bits per heavy atom. The van der Waals surface area contributed by atoms with Crippen LogP contribution in [0.5, 0.6) is 0 Å². The van der Waals surface area contributed by atoms with E-state index in [0.717, 1.165) is 40.4 Å². The molecule has 6 aliphatic rings. The Morgan fingerprint density at radius 1 is 0.667 bits per heavy atom. The van der Waals surface area contributed by atoms with E-state index in [1.807, 2.05) is 0 Å². The second-order valence-corrected chi connectivity index (χ2v) is 16.5. The summed E-state index contributed by atoms with van der Waals surface area (Å²) in [4.78, 5) is 51.3. The van der Waals surface area contributed by atoms with E-state index < -0.39 is 34.9 Å². The van der Waals surface area contributed by atoms with Crippen molar-refractivity contribution in [2.75, 3.05) is 0 Å². The Bertz CT molecular complexity index is 1730. The van der Waals surface area contributed by atoms with Crippen LogP contribution in [0.2, 0.25) is 0 Å². The zero-order valence-corrected chi connectivity index (χ0v) is 28.4. The van der Waals surface area contributed by atoms with Crippen LogP contribution in [0.15, 0.2) is 87.5 Å². The molecule has 4 bridgehead atoms. The molecule has 3 aromatic carbocycles. The van der Waals surface area contributed by atoms with Gasteiger partial charge in [0.05, 0.1) is 35.1 Å². The van der Waals surface area contributed by atoms with Crippen LogP contribution in [-0.4, -0.2) is 48.3 Å². The lowest BCUT2D eigenvalue weighted by Gasteiger charge is -2.27. The third-order valence-corrected chi connectivity index (χ3v) is 13.6. The van der Waals surface area contributed by atoms with E-state index >= 15 is 0 Å². The lowest BCUT2D eigenvalue weighted by molar-refractivity contribution is -0.170. The highest BCUT2D eigenvalue weighted by molar-refractivity contribution is 7.97. The standard InChI is InChI=1S/C21H24O8.C18H12F3S/c1-7(19(23)27-16-9-4-11-13(6-9)21(25)29-18(11)16)2-14(22)26-15-8-3-10-12(5-8)20(24)28-17(10)15;19-13-1-7-16(8-2-13)22(17-9-3-14(20)4-10-17)18-11-5-15(21)6-12-18/h7-13,15-18H,2-6H2,1H3;1-12H/q;+1. The Labute approximate surface area is 295 Å². The predicted octanol–water partition coefficient (Wildman–Crippen LogP) is 6.20. The number of carbonyl (C=O) groups excluding carboxylic acids is 4. The van der Waals surface area contributed by atoms with Crippen molar-refractivity contribution in [3.8, 4) is 0 Å². The normalized spacial score (nSPS) is 32.3. The second-order valence-electron chi connectivity index (χ2n) is 14.4. The van der Waals surface area contributed by atoms with Gasteiger partial charge >= 0.3 is 23.9 Å². The monoisotopic (exact) mass is 721 g/mol. The minimum absolute atomic E-state index is 0.0279. The SMILES string of the molecule is CC(CC(=O)OC1C2CC3C(=O)OC1C3C2)C(=O)OC1C2CC3C(=O)OC1C3C2.Fc1ccc([S+](c2ccc(F)cc2)c2ccc(F)cc2)cc1. The van der Waals surface area contributed by atoms with Gasteiger partial charge in [0, 0.05) is 23.7 Å². The number of carbonyl (C=O) groups is 4. The summed E-state index contributed by atoms with van der Waals surface area (Å²) >= 11 is 0. The molecule has 0 N–H and O–H groups in total. The van der Waals surface area contributed by atoms with Crippen molar-refractivity contribution in [2.24, 2.45) is 41.4 Å². The van der Waals surface area contributed by atoms with Gasteiger partial charge in [0.15, 0.2) is 14.7 Å². The van der Waals surface area contributed by atoms with Crippen LogP contribution in [0.1, 0.15) is 39.0 Å². The van der Waals surface area contributed by atoms with E-state index in [1.54, 1.807) is 43.3 Å². The second kappa shape index (κ2) is 13.3. The zero-order chi connectivity index (χ0) is 35.6. The Balaban J connectivity index is 0.000000153. The maximum Gasteiger partial charge on any atom is 0.309 e. The summed E-state index contributed by atoms with van der Waals surface area (Å²) in [6.07, 6.45) is 1.66. The molecular formula is C39H36F3O8S+. The molecule has 11 unspecified atom stereocenters. The lowest BCUT2D eigenvalue weighted by atomic mass is 9.88. The van der Waals surface area contributed by atoms with Gasteiger partial charge in [-0.15, -0.1) is 0 Å². The van der Waals surface area contributed by atoms with Crippen LogP contribution in [0, 0.1) is 58.9 Å². The summed E-state index contributed by atoms with van der Waals surface area (Å²) in [5, 5.41) is 0. The first-order valence-electron chi connectivity index (χ1n) is 17.4. The first kappa shape index (κ1) is 33.8. The molecule has 2 aliphatic heterocycles. The van der Waals surface area contributed by atoms with Gasteiger partial charge in [-0.25, -0.2) is 13.2 Å². The number of benzene rings is 3. The van der Waals surface area contributed by atoms with E-state index in [2.05, 4.69) is 0 Å². The van der Waals surface area contributed by atoms with E-state index in [1.165, 1.54) is 36.4 Å². The molecule has 4 saturated carbocycles. The summed E-state index contributed by atoms with van der Waals surface area (Å²) in [6.45, 7) is 1.65. The number of fused-ring (bicyclic) bond motifs is 2. The van der Waals surface area contributed by atoms with Gasteiger partial charge in [0.1, 0.15) is 41.9 Å². The predicted molar refractivity (Wildman–Crippen MR) is 174 cm³/mol. The number of esters is 4. The van der Waals surface area contributed by atoms with Crippen molar-refractivity contribution in [2.45, 2.75) is 78.1 Å². The van der Waals surface area contributed by atoms with Gasteiger partial charge < -0.3 is 18.9 Å². The van der Waals surface area contributed by atoms with Crippen LogP contribution in [0.3, 0.4) is 0 Å². The largest absolute Gasteiger partial charge is 0.458 e. The van der Waals surface area contributed by atoms with Gasteiger partial charge in [0.2, 0.25) is 0 Å². The number of ether oxygens (including phenoxy) is 4. The van der Waals surface area contributed by atoms with Gasteiger partial charge in [-0.3, -0.25) is 19.2 Å². The molecule has 6 fully saturated rings. The van der Waals surface area contributed by atoms with Crippen molar-refractivity contribution in [3.63, 3.8) is 0 Å². The molecule has 9 rings (SSSR count). The summed E-state index contributed by atoms with van der Waals surface area (Å²) in [5.41, 5.74) is 0. The minimum Gasteiger partial charge on any atom is -0.458 e. The molecule has 4 aliphatic carbocycles. The maximum absolute atomic E-state index is 13.2. The van der Waals surface area contributed by atoms with Gasteiger partial charge in [-0.05, 0) is 98.5 Å². The fraction of sp³-hybridized carbons (Fsp3) is 0.436. The van der Waals surface area contributed by atoms with Crippen molar-refractivity contribution >= 4 is 34.8 Å². The fourth-order valence-corrected chi connectivity index (χ4v) is 11.1. The molecule has 8 nitrogen and oxygen atoms in total. The van der Waals surface area contributed by atoms with E-state index in [-0.39, 0.29) is 89.6 Å².